The Morgan fingerprint density at radius 1 is 1.53 bits per heavy atom. The van der Waals surface area contributed by atoms with Gasteiger partial charge in [0, 0.05) is 0 Å². The SMILES string of the molecule is CCCNCc1ncc(-c2cccs2)[nH]1. The predicted molar refractivity (Wildman–Crippen MR) is 63.9 cm³/mol. The molecule has 3 nitrogen and oxygen atoms in total. The van der Waals surface area contributed by atoms with Crippen molar-refractivity contribution in [1.82, 2.24) is 15.3 Å². The molecule has 2 aromatic heterocycles. The molecule has 0 bridgehead atoms. The van der Waals surface area contributed by atoms with Crippen LogP contribution >= 0.6 is 11.3 Å². The lowest BCUT2D eigenvalue weighted by Gasteiger charge is -1.98. The lowest BCUT2D eigenvalue weighted by Crippen LogP contribution is -2.14. The zero-order valence-corrected chi connectivity index (χ0v) is 9.60. The van der Waals surface area contributed by atoms with E-state index in [4.69, 9.17) is 0 Å². The molecule has 4 heteroatoms. The maximum absolute atomic E-state index is 4.33. The van der Waals surface area contributed by atoms with Gasteiger partial charge in [0.15, 0.2) is 0 Å². The highest BCUT2D eigenvalue weighted by atomic mass is 32.1. The van der Waals surface area contributed by atoms with Crippen molar-refractivity contribution in [3.63, 3.8) is 0 Å². The molecule has 2 rings (SSSR count). The van der Waals surface area contributed by atoms with Crippen LogP contribution in [0, 0.1) is 0 Å². The summed E-state index contributed by atoms with van der Waals surface area (Å²) in [6.07, 6.45) is 3.05. The van der Waals surface area contributed by atoms with Gasteiger partial charge in [-0.3, -0.25) is 0 Å². The summed E-state index contributed by atoms with van der Waals surface area (Å²) in [5.41, 5.74) is 1.11. The van der Waals surface area contributed by atoms with Crippen molar-refractivity contribution in [3.8, 4) is 10.6 Å². The fraction of sp³-hybridized carbons (Fsp3) is 0.364. The number of H-pyrrole nitrogens is 1. The first-order valence-electron chi connectivity index (χ1n) is 5.18. The van der Waals surface area contributed by atoms with E-state index in [1.807, 2.05) is 6.20 Å². The monoisotopic (exact) mass is 221 g/mol. The third-order valence-corrected chi connectivity index (χ3v) is 3.04. The molecule has 0 unspecified atom stereocenters. The Balaban J connectivity index is 1.98. The van der Waals surface area contributed by atoms with Gasteiger partial charge in [-0.1, -0.05) is 13.0 Å². The number of nitrogens with zero attached hydrogens (tertiary/aromatic N) is 1. The van der Waals surface area contributed by atoms with Crippen LogP contribution in [-0.2, 0) is 6.54 Å². The van der Waals surface area contributed by atoms with Crippen LogP contribution in [0.3, 0.4) is 0 Å². The molecule has 0 aliphatic heterocycles. The molecule has 0 radical (unpaired) electrons. The molecule has 0 saturated carbocycles. The van der Waals surface area contributed by atoms with Crippen molar-refractivity contribution in [3.05, 3.63) is 29.5 Å². The molecule has 15 heavy (non-hydrogen) atoms. The first-order chi connectivity index (χ1) is 7.40. The molecular formula is C11H15N3S. The third-order valence-electron chi connectivity index (χ3n) is 2.13. The number of aromatic nitrogens is 2. The molecule has 0 aromatic carbocycles. The quantitative estimate of drug-likeness (QED) is 0.762. The van der Waals surface area contributed by atoms with Crippen LogP contribution in [0.2, 0.25) is 0 Å². The summed E-state index contributed by atoms with van der Waals surface area (Å²) >= 11 is 1.73. The summed E-state index contributed by atoms with van der Waals surface area (Å²) in [6.45, 7) is 4.01. The van der Waals surface area contributed by atoms with Crippen molar-refractivity contribution in [1.29, 1.82) is 0 Å². The minimum atomic E-state index is 0.819. The van der Waals surface area contributed by atoms with Crippen LogP contribution in [0.5, 0.6) is 0 Å². The van der Waals surface area contributed by atoms with E-state index in [1.54, 1.807) is 11.3 Å². The van der Waals surface area contributed by atoms with Crippen molar-refractivity contribution in [2.45, 2.75) is 19.9 Å². The molecule has 2 heterocycles. The first-order valence-corrected chi connectivity index (χ1v) is 6.06. The number of imidazole rings is 1. The summed E-state index contributed by atoms with van der Waals surface area (Å²) in [4.78, 5) is 8.88. The molecule has 0 saturated heterocycles. The maximum Gasteiger partial charge on any atom is 0.120 e. The van der Waals surface area contributed by atoms with Crippen molar-refractivity contribution >= 4 is 11.3 Å². The van der Waals surface area contributed by atoms with E-state index in [2.05, 4.69) is 39.7 Å². The normalized spacial score (nSPS) is 10.7. The largest absolute Gasteiger partial charge is 0.340 e. The van der Waals surface area contributed by atoms with Crippen LogP contribution in [0.4, 0.5) is 0 Å². The number of nitrogens with one attached hydrogen (secondary N) is 2. The lowest BCUT2D eigenvalue weighted by atomic mass is 10.4. The minimum Gasteiger partial charge on any atom is -0.340 e. The van der Waals surface area contributed by atoms with E-state index < -0.39 is 0 Å². The van der Waals surface area contributed by atoms with Crippen LogP contribution in [0.15, 0.2) is 23.7 Å². The average molecular weight is 221 g/mol. The van der Waals surface area contributed by atoms with Gasteiger partial charge < -0.3 is 10.3 Å². The summed E-state index contributed by atoms with van der Waals surface area (Å²) in [5, 5.41) is 5.39. The topological polar surface area (TPSA) is 40.7 Å². The molecule has 0 fully saturated rings. The smallest absolute Gasteiger partial charge is 0.120 e. The molecule has 0 atom stereocenters. The highest BCUT2D eigenvalue weighted by Crippen LogP contribution is 2.22. The van der Waals surface area contributed by atoms with Crippen molar-refractivity contribution in [2.24, 2.45) is 0 Å². The molecule has 0 aliphatic carbocycles. The Bertz CT molecular complexity index is 392. The average Bonchev–Trinajstić information content (AvgIpc) is 2.87. The second kappa shape index (κ2) is 5.09. The third kappa shape index (κ3) is 2.67. The molecule has 2 aromatic rings. The fourth-order valence-electron chi connectivity index (χ4n) is 1.39. The highest BCUT2D eigenvalue weighted by molar-refractivity contribution is 7.13. The van der Waals surface area contributed by atoms with Gasteiger partial charge in [-0.15, -0.1) is 11.3 Å². The summed E-state index contributed by atoms with van der Waals surface area (Å²) in [6, 6.07) is 4.15. The van der Waals surface area contributed by atoms with Gasteiger partial charge in [0.2, 0.25) is 0 Å². The van der Waals surface area contributed by atoms with Gasteiger partial charge in [0.05, 0.1) is 23.3 Å². The van der Waals surface area contributed by atoms with E-state index >= 15 is 0 Å². The second-order valence-corrected chi connectivity index (χ2v) is 4.35. The van der Waals surface area contributed by atoms with Crippen LogP contribution in [0.25, 0.3) is 10.6 Å². The Morgan fingerprint density at radius 3 is 3.20 bits per heavy atom. The standard InChI is InChI=1S/C11H15N3S/c1-2-5-12-8-11-13-7-9(14-11)10-4-3-6-15-10/h3-4,6-7,12H,2,5,8H2,1H3,(H,13,14). The van der Waals surface area contributed by atoms with Crippen molar-refractivity contribution in [2.75, 3.05) is 6.54 Å². The number of aromatic amines is 1. The Labute approximate surface area is 93.6 Å². The van der Waals surface area contributed by atoms with Gasteiger partial charge in [-0.2, -0.15) is 0 Å². The molecule has 2 N–H and O–H groups in total. The summed E-state index contributed by atoms with van der Waals surface area (Å²) < 4.78 is 0. The number of thiophene rings is 1. The number of hydrogen-bond acceptors (Lipinski definition) is 3. The molecule has 0 spiro atoms. The van der Waals surface area contributed by atoms with Gasteiger partial charge in [-0.05, 0) is 24.4 Å². The predicted octanol–water partition coefficient (Wildman–Crippen LogP) is 2.64. The van der Waals surface area contributed by atoms with E-state index in [-0.39, 0.29) is 0 Å². The maximum atomic E-state index is 4.33. The Hall–Kier alpha value is -1.13. The lowest BCUT2D eigenvalue weighted by molar-refractivity contribution is 0.655. The molecule has 80 valence electrons. The Kier molecular flexibility index (Phi) is 3.53. The summed E-state index contributed by atoms with van der Waals surface area (Å²) in [7, 11) is 0. The fourth-order valence-corrected chi connectivity index (χ4v) is 2.08. The van der Waals surface area contributed by atoms with Crippen LogP contribution in [-0.4, -0.2) is 16.5 Å². The van der Waals surface area contributed by atoms with Crippen molar-refractivity contribution < 1.29 is 0 Å². The van der Waals surface area contributed by atoms with Gasteiger partial charge in [0.25, 0.3) is 0 Å². The van der Waals surface area contributed by atoms with E-state index in [0.29, 0.717) is 0 Å². The Morgan fingerprint density at radius 2 is 2.47 bits per heavy atom. The first kappa shape index (κ1) is 10.4. The van der Waals surface area contributed by atoms with E-state index in [9.17, 15) is 0 Å². The van der Waals surface area contributed by atoms with Gasteiger partial charge in [-0.25, -0.2) is 4.98 Å². The van der Waals surface area contributed by atoms with Crippen LogP contribution < -0.4 is 5.32 Å². The zero-order chi connectivity index (χ0) is 10.5. The van der Waals surface area contributed by atoms with Gasteiger partial charge >= 0.3 is 0 Å². The molecule has 0 amide bonds. The van der Waals surface area contributed by atoms with Crippen LogP contribution in [0.1, 0.15) is 19.2 Å². The van der Waals surface area contributed by atoms with E-state index in [1.165, 1.54) is 4.88 Å². The number of rotatable bonds is 5. The molecule has 0 aliphatic rings. The second-order valence-electron chi connectivity index (χ2n) is 3.40. The minimum absolute atomic E-state index is 0.819. The number of hydrogen-bond donors (Lipinski definition) is 2. The summed E-state index contributed by atoms with van der Waals surface area (Å²) in [5.74, 6) is 1.01. The zero-order valence-electron chi connectivity index (χ0n) is 8.79. The highest BCUT2D eigenvalue weighted by Gasteiger charge is 2.02. The molecular weight excluding hydrogens is 206 g/mol. The van der Waals surface area contributed by atoms with E-state index in [0.717, 1.165) is 31.0 Å². The van der Waals surface area contributed by atoms with Gasteiger partial charge in [0.1, 0.15) is 5.82 Å².